The molecule has 1 rings (SSSR count). The van der Waals surface area contributed by atoms with Gasteiger partial charge in [-0.2, -0.15) is 0 Å². The number of aryl methyl sites for hydroxylation is 1. The topological polar surface area (TPSA) is 43.8 Å². The van der Waals surface area contributed by atoms with Crippen LogP contribution in [0, 0.1) is 0 Å². The third-order valence-electron chi connectivity index (χ3n) is 2.56. The minimum atomic E-state index is 0.484. The Morgan fingerprint density at radius 3 is 2.71 bits per heavy atom. The summed E-state index contributed by atoms with van der Waals surface area (Å²) in [6.45, 7) is 7.50. The zero-order valence-electron chi connectivity index (χ0n) is 9.45. The molecule has 14 heavy (non-hydrogen) atoms. The fourth-order valence-electron chi connectivity index (χ4n) is 1.78. The number of nitrogen functional groups attached to an aromatic ring is 1. The Labute approximate surface area is 86.3 Å². The average molecular weight is 195 g/mol. The van der Waals surface area contributed by atoms with Crippen molar-refractivity contribution in [2.75, 3.05) is 5.73 Å². The van der Waals surface area contributed by atoms with Crippen molar-refractivity contribution in [1.82, 2.24) is 9.55 Å². The normalized spacial score (nSPS) is 13.1. The van der Waals surface area contributed by atoms with Crippen LogP contribution in [0.4, 0.5) is 5.82 Å². The highest BCUT2D eigenvalue weighted by Gasteiger charge is 2.13. The van der Waals surface area contributed by atoms with Gasteiger partial charge >= 0.3 is 0 Å². The van der Waals surface area contributed by atoms with Crippen molar-refractivity contribution >= 4 is 5.82 Å². The van der Waals surface area contributed by atoms with E-state index in [9.17, 15) is 0 Å². The first-order chi connectivity index (χ1) is 6.70. The molecule has 0 spiro atoms. The molecule has 0 fully saturated rings. The molecular formula is C11H21N3. The Morgan fingerprint density at radius 1 is 1.43 bits per heavy atom. The maximum atomic E-state index is 6.02. The standard InChI is InChI=1S/C11H21N3/c1-4-6-9(3)10-11(12)14(7-5-2)8-13-10/h8-9H,4-7,12H2,1-3H3. The van der Waals surface area contributed by atoms with E-state index in [-0.39, 0.29) is 0 Å². The summed E-state index contributed by atoms with van der Waals surface area (Å²) >= 11 is 0. The molecule has 0 aromatic carbocycles. The summed E-state index contributed by atoms with van der Waals surface area (Å²) in [5, 5.41) is 0. The predicted octanol–water partition coefficient (Wildman–Crippen LogP) is 2.78. The van der Waals surface area contributed by atoms with Crippen LogP contribution in [0.25, 0.3) is 0 Å². The quantitative estimate of drug-likeness (QED) is 0.785. The second kappa shape index (κ2) is 5.03. The molecule has 1 heterocycles. The summed E-state index contributed by atoms with van der Waals surface area (Å²) in [4.78, 5) is 4.39. The lowest BCUT2D eigenvalue weighted by Crippen LogP contribution is -2.04. The Hall–Kier alpha value is -0.990. The van der Waals surface area contributed by atoms with Crippen LogP contribution in [0.15, 0.2) is 6.33 Å². The molecule has 0 bridgehead atoms. The summed E-state index contributed by atoms with van der Waals surface area (Å²) in [5.41, 5.74) is 7.09. The van der Waals surface area contributed by atoms with E-state index >= 15 is 0 Å². The van der Waals surface area contributed by atoms with Crippen LogP contribution in [0.5, 0.6) is 0 Å². The van der Waals surface area contributed by atoms with Gasteiger partial charge in [0.05, 0.1) is 12.0 Å². The third-order valence-corrected chi connectivity index (χ3v) is 2.56. The molecule has 2 N–H and O–H groups in total. The Kier molecular flexibility index (Phi) is 3.98. The molecule has 3 heteroatoms. The van der Waals surface area contributed by atoms with Gasteiger partial charge in [0.15, 0.2) is 0 Å². The number of nitrogens with zero attached hydrogens (tertiary/aromatic N) is 2. The van der Waals surface area contributed by atoms with Gasteiger partial charge in [0, 0.05) is 12.5 Å². The number of rotatable bonds is 5. The first-order valence-corrected chi connectivity index (χ1v) is 5.51. The molecule has 1 aromatic heterocycles. The molecule has 80 valence electrons. The molecule has 1 atom stereocenters. The summed E-state index contributed by atoms with van der Waals surface area (Å²) in [7, 11) is 0. The van der Waals surface area contributed by atoms with Crippen molar-refractivity contribution in [2.45, 2.75) is 52.5 Å². The molecule has 0 radical (unpaired) electrons. The molecule has 0 saturated heterocycles. The SMILES string of the molecule is CCCC(C)c1ncn(CCC)c1N. The van der Waals surface area contributed by atoms with Crippen molar-refractivity contribution in [3.8, 4) is 0 Å². The van der Waals surface area contributed by atoms with E-state index in [1.807, 2.05) is 10.9 Å². The molecular weight excluding hydrogens is 174 g/mol. The van der Waals surface area contributed by atoms with E-state index in [1.54, 1.807) is 0 Å². The zero-order valence-corrected chi connectivity index (χ0v) is 9.45. The van der Waals surface area contributed by atoms with Gasteiger partial charge < -0.3 is 10.3 Å². The minimum Gasteiger partial charge on any atom is -0.384 e. The van der Waals surface area contributed by atoms with Gasteiger partial charge in [-0.25, -0.2) is 4.98 Å². The maximum absolute atomic E-state index is 6.02. The van der Waals surface area contributed by atoms with E-state index < -0.39 is 0 Å². The van der Waals surface area contributed by atoms with E-state index in [0.717, 1.165) is 30.9 Å². The van der Waals surface area contributed by atoms with Crippen molar-refractivity contribution in [1.29, 1.82) is 0 Å². The van der Waals surface area contributed by atoms with E-state index in [1.165, 1.54) is 6.42 Å². The summed E-state index contributed by atoms with van der Waals surface area (Å²) in [6.07, 6.45) is 5.30. The van der Waals surface area contributed by atoms with E-state index in [2.05, 4.69) is 25.8 Å². The van der Waals surface area contributed by atoms with Gasteiger partial charge in [0.2, 0.25) is 0 Å². The summed E-state index contributed by atoms with van der Waals surface area (Å²) in [6, 6.07) is 0. The van der Waals surface area contributed by atoms with Crippen LogP contribution in [0.3, 0.4) is 0 Å². The number of nitrogens with two attached hydrogens (primary N) is 1. The Balaban J connectivity index is 2.77. The monoisotopic (exact) mass is 195 g/mol. The third kappa shape index (κ3) is 2.28. The zero-order chi connectivity index (χ0) is 10.6. The van der Waals surface area contributed by atoms with Crippen molar-refractivity contribution < 1.29 is 0 Å². The highest BCUT2D eigenvalue weighted by Crippen LogP contribution is 2.24. The molecule has 0 aliphatic heterocycles. The number of imidazole rings is 1. The molecule has 0 aliphatic carbocycles. The van der Waals surface area contributed by atoms with Crippen LogP contribution >= 0.6 is 0 Å². The van der Waals surface area contributed by atoms with Gasteiger partial charge in [-0.15, -0.1) is 0 Å². The van der Waals surface area contributed by atoms with Crippen LogP contribution in [0.2, 0.25) is 0 Å². The van der Waals surface area contributed by atoms with Gasteiger partial charge in [-0.05, 0) is 12.8 Å². The van der Waals surface area contributed by atoms with Crippen LogP contribution in [-0.2, 0) is 6.54 Å². The molecule has 1 unspecified atom stereocenters. The van der Waals surface area contributed by atoms with Crippen molar-refractivity contribution in [3.63, 3.8) is 0 Å². The molecule has 0 aliphatic rings. The number of hydrogen-bond acceptors (Lipinski definition) is 2. The average Bonchev–Trinajstić information content (AvgIpc) is 2.49. The van der Waals surface area contributed by atoms with Gasteiger partial charge in [0.25, 0.3) is 0 Å². The van der Waals surface area contributed by atoms with Crippen molar-refractivity contribution in [2.24, 2.45) is 0 Å². The fraction of sp³-hybridized carbons (Fsp3) is 0.727. The maximum Gasteiger partial charge on any atom is 0.126 e. The van der Waals surface area contributed by atoms with Gasteiger partial charge in [-0.1, -0.05) is 27.2 Å². The lowest BCUT2D eigenvalue weighted by atomic mass is 10.0. The predicted molar refractivity (Wildman–Crippen MR) is 60.3 cm³/mol. The Bertz CT molecular complexity index is 278. The Morgan fingerprint density at radius 2 is 2.14 bits per heavy atom. The second-order valence-electron chi connectivity index (χ2n) is 3.90. The number of aromatic nitrogens is 2. The first-order valence-electron chi connectivity index (χ1n) is 5.51. The van der Waals surface area contributed by atoms with E-state index in [4.69, 9.17) is 5.73 Å². The lowest BCUT2D eigenvalue weighted by molar-refractivity contribution is 0.649. The van der Waals surface area contributed by atoms with Crippen molar-refractivity contribution in [3.05, 3.63) is 12.0 Å². The smallest absolute Gasteiger partial charge is 0.126 e. The second-order valence-corrected chi connectivity index (χ2v) is 3.90. The largest absolute Gasteiger partial charge is 0.384 e. The van der Waals surface area contributed by atoms with Crippen LogP contribution < -0.4 is 5.73 Å². The molecule has 0 amide bonds. The highest BCUT2D eigenvalue weighted by molar-refractivity contribution is 5.38. The number of hydrogen-bond donors (Lipinski definition) is 1. The summed E-state index contributed by atoms with van der Waals surface area (Å²) in [5.74, 6) is 1.34. The van der Waals surface area contributed by atoms with E-state index in [0.29, 0.717) is 5.92 Å². The van der Waals surface area contributed by atoms with Crippen LogP contribution in [-0.4, -0.2) is 9.55 Å². The van der Waals surface area contributed by atoms with Gasteiger partial charge in [-0.3, -0.25) is 0 Å². The lowest BCUT2D eigenvalue weighted by Gasteiger charge is -2.09. The summed E-state index contributed by atoms with van der Waals surface area (Å²) < 4.78 is 2.04. The molecule has 3 nitrogen and oxygen atoms in total. The first kappa shape index (κ1) is 11.1. The highest BCUT2D eigenvalue weighted by atomic mass is 15.1. The van der Waals surface area contributed by atoms with Gasteiger partial charge in [0.1, 0.15) is 5.82 Å². The number of anilines is 1. The fourth-order valence-corrected chi connectivity index (χ4v) is 1.78. The minimum absolute atomic E-state index is 0.484. The van der Waals surface area contributed by atoms with Crippen LogP contribution in [0.1, 0.15) is 51.6 Å². The molecule has 0 saturated carbocycles. The molecule has 1 aromatic rings.